The third-order valence-corrected chi connectivity index (χ3v) is 8.49. The van der Waals surface area contributed by atoms with Crippen LogP contribution in [0.2, 0.25) is 0 Å². The van der Waals surface area contributed by atoms with Crippen molar-refractivity contribution in [2.45, 2.75) is 30.4 Å². The number of fused-ring (bicyclic) bond motifs is 1. The fourth-order valence-electron chi connectivity index (χ4n) is 3.62. The van der Waals surface area contributed by atoms with E-state index in [1.54, 1.807) is 6.07 Å². The quantitative estimate of drug-likeness (QED) is 0.649. The minimum Gasteiger partial charge on any atom is -0.355 e. The van der Waals surface area contributed by atoms with E-state index in [0.29, 0.717) is 36.6 Å². The predicted molar refractivity (Wildman–Crippen MR) is 112 cm³/mol. The largest absolute Gasteiger partial charge is 0.355 e. The molecule has 0 bridgehead atoms. The molecule has 1 aliphatic heterocycles. The van der Waals surface area contributed by atoms with Crippen LogP contribution in [0.15, 0.2) is 46.9 Å². The highest BCUT2D eigenvalue weighted by atomic mass is 32.2. The maximum atomic E-state index is 12.8. The summed E-state index contributed by atoms with van der Waals surface area (Å²) >= 11 is 1.27. The van der Waals surface area contributed by atoms with Gasteiger partial charge in [0.1, 0.15) is 9.86 Å². The summed E-state index contributed by atoms with van der Waals surface area (Å²) in [6, 6.07) is 9.28. The Morgan fingerprint density at radius 3 is 2.93 bits per heavy atom. The molecule has 0 radical (unpaired) electrons. The second-order valence-corrected chi connectivity index (χ2v) is 10.8. The van der Waals surface area contributed by atoms with Crippen LogP contribution < -0.4 is 5.32 Å². The number of imidazole rings is 1. The van der Waals surface area contributed by atoms with Crippen molar-refractivity contribution in [3.8, 4) is 0 Å². The molecule has 3 aromatic rings. The number of carbonyl (C=O) groups is 1. The van der Waals surface area contributed by atoms with E-state index in [0.717, 1.165) is 16.2 Å². The average molecular weight is 433 g/mol. The van der Waals surface area contributed by atoms with Gasteiger partial charge in [0, 0.05) is 43.3 Å². The zero-order valence-corrected chi connectivity index (χ0v) is 17.9. The van der Waals surface area contributed by atoms with Gasteiger partial charge in [-0.3, -0.25) is 4.79 Å². The first-order valence-electron chi connectivity index (χ1n) is 9.70. The highest BCUT2D eigenvalue weighted by Gasteiger charge is 2.33. The summed E-state index contributed by atoms with van der Waals surface area (Å²) in [6.45, 7) is 3.07. The number of thiophene rings is 1. The Bertz CT molecular complexity index is 1090. The number of piperidine rings is 1. The van der Waals surface area contributed by atoms with Crippen LogP contribution in [0.25, 0.3) is 5.65 Å². The maximum Gasteiger partial charge on any atom is 0.252 e. The van der Waals surface area contributed by atoms with E-state index in [9.17, 15) is 13.2 Å². The van der Waals surface area contributed by atoms with Crippen molar-refractivity contribution in [1.82, 2.24) is 19.0 Å². The number of sulfonamides is 1. The smallest absolute Gasteiger partial charge is 0.252 e. The molecule has 7 nitrogen and oxygen atoms in total. The van der Waals surface area contributed by atoms with Crippen molar-refractivity contribution in [1.29, 1.82) is 0 Å². The summed E-state index contributed by atoms with van der Waals surface area (Å²) in [5.74, 6) is -0.406. The van der Waals surface area contributed by atoms with Gasteiger partial charge in [-0.25, -0.2) is 13.4 Å². The summed E-state index contributed by atoms with van der Waals surface area (Å²) in [4.78, 5) is 18.1. The Labute approximate surface area is 174 Å². The van der Waals surface area contributed by atoms with E-state index in [1.807, 2.05) is 48.0 Å². The van der Waals surface area contributed by atoms with E-state index >= 15 is 0 Å². The van der Waals surface area contributed by atoms with Gasteiger partial charge in [0.05, 0.1) is 11.6 Å². The molecule has 29 heavy (non-hydrogen) atoms. The molecule has 3 aromatic heterocycles. The summed E-state index contributed by atoms with van der Waals surface area (Å²) in [5, 5.41) is 2.95. The molecule has 0 aromatic carbocycles. The van der Waals surface area contributed by atoms with Crippen molar-refractivity contribution < 1.29 is 13.2 Å². The van der Waals surface area contributed by atoms with Crippen molar-refractivity contribution >= 4 is 32.9 Å². The molecule has 1 amide bonds. The summed E-state index contributed by atoms with van der Waals surface area (Å²) < 4.78 is 29.4. The minimum atomic E-state index is -3.53. The van der Waals surface area contributed by atoms with Crippen LogP contribution in [0.4, 0.5) is 0 Å². The normalized spacial score (nSPS) is 18.2. The first-order valence-corrected chi connectivity index (χ1v) is 12.0. The number of nitrogens with one attached hydrogen (secondary N) is 1. The first-order chi connectivity index (χ1) is 13.9. The lowest BCUT2D eigenvalue weighted by Gasteiger charge is -2.30. The van der Waals surface area contributed by atoms with E-state index in [1.165, 1.54) is 15.6 Å². The number of rotatable bonds is 6. The van der Waals surface area contributed by atoms with Gasteiger partial charge < -0.3 is 9.72 Å². The molecule has 0 saturated carbocycles. The fourth-order valence-corrected chi connectivity index (χ4v) is 6.58. The summed E-state index contributed by atoms with van der Waals surface area (Å²) in [6.07, 6.45) is 5.93. The SMILES string of the molecule is Cc1ccc(S(=O)(=O)N2CCCC(C(=O)NCCc3cn4ccccc4n3)C2)s1. The van der Waals surface area contributed by atoms with Crippen molar-refractivity contribution in [2.75, 3.05) is 19.6 Å². The molecule has 0 spiro atoms. The van der Waals surface area contributed by atoms with Crippen LogP contribution in [0.3, 0.4) is 0 Å². The Morgan fingerprint density at radius 1 is 1.31 bits per heavy atom. The van der Waals surface area contributed by atoms with Gasteiger partial charge in [-0.2, -0.15) is 4.31 Å². The number of aryl methyl sites for hydroxylation is 1. The van der Waals surface area contributed by atoms with Gasteiger partial charge in [-0.1, -0.05) is 6.07 Å². The number of nitrogens with zero attached hydrogens (tertiary/aromatic N) is 3. The molecule has 4 rings (SSSR count). The van der Waals surface area contributed by atoms with Gasteiger partial charge >= 0.3 is 0 Å². The molecule has 1 saturated heterocycles. The highest BCUT2D eigenvalue weighted by Crippen LogP contribution is 2.28. The molecule has 1 unspecified atom stereocenters. The molecule has 154 valence electrons. The standard InChI is InChI=1S/C20H24N4O3S2/c1-15-7-8-19(28-15)29(26,27)24-12-4-5-16(13-24)20(25)21-10-9-17-14-23-11-3-2-6-18(23)22-17/h2-3,6-8,11,14,16H,4-5,9-10,12-13H2,1H3,(H,21,25). The predicted octanol–water partition coefficient (Wildman–Crippen LogP) is 2.46. The number of carbonyl (C=O) groups excluding carboxylic acids is 1. The molecule has 1 fully saturated rings. The van der Waals surface area contributed by atoms with Gasteiger partial charge in [-0.05, 0) is 44.0 Å². The monoisotopic (exact) mass is 432 g/mol. The van der Waals surface area contributed by atoms with Gasteiger partial charge in [0.15, 0.2) is 0 Å². The Balaban J connectivity index is 1.33. The molecule has 0 aliphatic carbocycles. The molecule has 9 heteroatoms. The van der Waals surface area contributed by atoms with Gasteiger partial charge in [0.25, 0.3) is 10.0 Å². The van der Waals surface area contributed by atoms with Crippen LogP contribution in [0.5, 0.6) is 0 Å². The van der Waals surface area contributed by atoms with Crippen LogP contribution in [0.1, 0.15) is 23.4 Å². The lowest BCUT2D eigenvalue weighted by atomic mass is 9.99. The molecular weight excluding hydrogens is 408 g/mol. The Kier molecular flexibility index (Phi) is 5.71. The van der Waals surface area contributed by atoms with Crippen LogP contribution in [0, 0.1) is 12.8 Å². The zero-order chi connectivity index (χ0) is 20.4. The molecule has 1 N–H and O–H groups in total. The molecule has 4 heterocycles. The minimum absolute atomic E-state index is 0.0870. The van der Waals surface area contributed by atoms with Gasteiger partial charge in [-0.15, -0.1) is 11.3 Å². The molecular formula is C20H24N4O3S2. The number of amides is 1. The maximum absolute atomic E-state index is 12.8. The van der Waals surface area contributed by atoms with E-state index < -0.39 is 10.0 Å². The molecule has 1 atom stereocenters. The number of hydrogen-bond acceptors (Lipinski definition) is 5. The first kappa shape index (κ1) is 20.1. The fraction of sp³-hybridized carbons (Fsp3) is 0.400. The number of hydrogen-bond donors (Lipinski definition) is 1. The van der Waals surface area contributed by atoms with Crippen LogP contribution in [-0.2, 0) is 21.2 Å². The number of aromatic nitrogens is 2. The van der Waals surface area contributed by atoms with E-state index in [-0.39, 0.29) is 18.4 Å². The number of pyridine rings is 1. The summed E-state index contributed by atoms with van der Waals surface area (Å²) in [5.41, 5.74) is 1.79. The van der Waals surface area contributed by atoms with Crippen molar-refractivity contribution in [3.63, 3.8) is 0 Å². The second kappa shape index (κ2) is 8.25. The lowest BCUT2D eigenvalue weighted by Crippen LogP contribution is -2.45. The average Bonchev–Trinajstić information content (AvgIpc) is 3.34. The van der Waals surface area contributed by atoms with E-state index in [2.05, 4.69) is 10.3 Å². The van der Waals surface area contributed by atoms with Crippen LogP contribution >= 0.6 is 11.3 Å². The Morgan fingerprint density at radius 2 is 2.17 bits per heavy atom. The summed E-state index contributed by atoms with van der Waals surface area (Å²) in [7, 11) is -3.53. The lowest BCUT2D eigenvalue weighted by molar-refractivity contribution is -0.126. The second-order valence-electron chi connectivity index (χ2n) is 7.31. The van der Waals surface area contributed by atoms with Crippen LogP contribution in [-0.4, -0.2) is 47.6 Å². The zero-order valence-electron chi connectivity index (χ0n) is 16.2. The molecule has 1 aliphatic rings. The highest BCUT2D eigenvalue weighted by molar-refractivity contribution is 7.91. The van der Waals surface area contributed by atoms with Crippen molar-refractivity contribution in [3.05, 3.63) is 53.3 Å². The topological polar surface area (TPSA) is 83.8 Å². The van der Waals surface area contributed by atoms with Gasteiger partial charge in [0.2, 0.25) is 5.91 Å². The third-order valence-electron chi connectivity index (χ3n) is 5.16. The third kappa shape index (κ3) is 4.36. The Hall–Kier alpha value is -2.23. The van der Waals surface area contributed by atoms with Crippen molar-refractivity contribution in [2.24, 2.45) is 5.92 Å². The van der Waals surface area contributed by atoms with E-state index in [4.69, 9.17) is 0 Å².